The molecule has 1 rings (SSSR count). The molecular weight excluding hydrogens is 261 g/mol. The fourth-order valence-corrected chi connectivity index (χ4v) is 0.904. The minimum absolute atomic E-state index is 1.19. The SMILES string of the molecule is CSc1c[c-]ccc1.[Zn+][Br]. The molecule has 1 aromatic carbocycles. The molecule has 0 aliphatic heterocycles. The van der Waals surface area contributed by atoms with Crippen molar-refractivity contribution in [2.24, 2.45) is 0 Å². The van der Waals surface area contributed by atoms with E-state index in [1.165, 1.54) is 21.2 Å². The van der Waals surface area contributed by atoms with E-state index in [1.54, 1.807) is 11.8 Å². The number of rotatable bonds is 1. The van der Waals surface area contributed by atoms with Crippen molar-refractivity contribution in [1.82, 2.24) is 0 Å². The van der Waals surface area contributed by atoms with E-state index < -0.39 is 0 Å². The quantitative estimate of drug-likeness (QED) is 0.428. The maximum absolute atomic E-state index is 3.06. The van der Waals surface area contributed by atoms with Gasteiger partial charge in [0.1, 0.15) is 0 Å². The van der Waals surface area contributed by atoms with Crippen LogP contribution in [0.1, 0.15) is 0 Å². The summed E-state index contributed by atoms with van der Waals surface area (Å²) in [6, 6.07) is 10.9. The van der Waals surface area contributed by atoms with E-state index in [4.69, 9.17) is 0 Å². The molecule has 0 nitrogen and oxygen atoms in total. The Morgan fingerprint density at radius 3 is 2.60 bits per heavy atom. The van der Waals surface area contributed by atoms with Crippen LogP contribution in [0.15, 0.2) is 29.2 Å². The van der Waals surface area contributed by atoms with Gasteiger partial charge >= 0.3 is 30.0 Å². The van der Waals surface area contributed by atoms with Crippen LogP contribution in [0.3, 0.4) is 0 Å². The summed E-state index contributed by atoms with van der Waals surface area (Å²) in [5.74, 6) is 0. The first-order chi connectivity index (χ1) is 4.93. The fourth-order valence-electron chi connectivity index (χ4n) is 0.504. The average Bonchev–Trinajstić information content (AvgIpc) is 2.10. The van der Waals surface area contributed by atoms with E-state index >= 15 is 0 Å². The molecule has 1 aromatic rings. The second-order valence-corrected chi connectivity index (χ2v) is 2.32. The van der Waals surface area contributed by atoms with Crippen LogP contribution in [-0.4, -0.2) is 6.26 Å². The number of hydrogen-bond acceptors (Lipinski definition) is 1. The van der Waals surface area contributed by atoms with Gasteiger partial charge in [-0.1, -0.05) is 0 Å². The summed E-state index contributed by atoms with van der Waals surface area (Å²) in [6.07, 6.45) is 2.06. The van der Waals surface area contributed by atoms with Crippen molar-refractivity contribution in [3.63, 3.8) is 0 Å². The summed E-state index contributed by atoms with van der Waals surface area (Å²) >= 11 is 5.99. The maximum atomic E-state index is 3.06. The molecule has 0 heterocycles. The topological polar surface area (TPSA) is 0 Å². The van der Waals surface area contributed by atoms with E-state index in [2.05, 4.69) is 32.0 Å². The Bertz CT molecular complexity index is 155. The molecular formula is C7H7BrSZn. The third-order valence-corrected chi connectivity index (χ3v) is 1.64. The Morgan fingerprint density at radius 2 is 2.30 bits per heavy atom. The second-order valence-electron chi connectivity index (χ2n) is 1.44. The zero-order valence-electron chi connectivity index (χ0n) is 5.80. The molecule has 0 aromatic heterocycles. The number of thioether (sulfide) groups is 1. The minimum atomic E-state index is 1.19. The Labute approximate surface area is 82.8 Å². The summed E-state index contributed by atoms with van der Waals surface area (Å²) < 4.78 is 0. The van der Waals surface area contributed by atoms with Gasteiger partial charge in [-0.3, -0.25) is 0 Å². The van der Waals surface area contributed by atoms with E-state index in [0.29, 0.717) is 0 Å². The summed E-state index contributed by atoms with van der Waals surface area (Å²) in [6.45, 7) is 0. The Hall–Kier alpha value is 0.673. The van der Waals surface area contributed by atoms with Crippen molar-refractivity contribution in [1.29, 1.82) is 0 Å². The summed E-state index contributed by atoms with van der Waals surface area (Å²) in [5.41, 5.74) is 0. The Kier molecular flexibility index (Phi) is 8.30. The molecule has 0 aliphatic carbocycles. The van der Waals surface area contributed by atoms with Crippen molar-refractivity contribution < 1.29 is 16.3 Å². The summed E-state index contributed by atoms with van der Waals surface area (Å²) in [7, 11) is 0. The molecule has 0 N–H and O–H groups in total. The summed E-state index contributed by atoms with van der Waals surface area (Å²) in [4.78, 5) is 1.27. The van der Waals surface area contributed by atoms with Crippen LogP contribution in [0.5, 0.6) is 0 Å². The van der Waals surface area contributed by atoms with E-state index in [-0.39, 0.29) is 0 Å². The standard InChI is InChI=1S/C7H7S.BrH.Zn/c1-8-7-5-3-2-4-6-7;;/h2-3,5-6H,1H3;1H;/q-1;;+2/p-1. The van der Waals surface area contributed by atoms with Gasteiger partial charge in [0.15, 0.2) is 0 Å². The molecule has 0 unspecified atom stereocenters. The molecule has 0 spiro atoms. The van der Waals surface area contributed by atoms with Crippen molar-refractivity contribution in [3.05, 3.63) is 30.3 Å². The van der Waals surface area contributed by atoms with Crippen LogP contribution in [0.25, 0.3) is 0 Å². The molecule has 0 radical (unpaired) electrons. The van der Waals surface area contributed by atoms with Crippen molar-refractivity contribution in [2.75, 3.05) is 6.26 Å². The van der Waals surface area contributed by atoms with Gasteiger partial charge in [0.2, 0.25) is 0 Å². The van der Waals surface area contributed by atoms with Crippen LogP contribution in [0.4, 0.5) is 0 Å². The van der Waals surface area contributed by atoms with Crippen LogP contribution >= 0.6 is 25.4 Å². The first-order valence-electron chi connectivity index (χ1n) is 2.70. The number of halogens is 1. The average molecular weight is 268 g/mol. The van der Waals surface area contributed by atoms with Gasteiger partial charge in [-0.25, -0.2) is 0 Å². The van der Waals surface area contributed by atoms with Gasteiger partial charge in [-0.15, -0.1) is 4.90 Å². The zero-order chi connectivity index (χ0) is 7.82. The van der Waals surface area contributed by atoms with Gasteiger partial charge < -0.3 is 0 Å². The third kappa shape index (κ3) is 4.48. The Morgan fingerprint density at radius 1 is 1.60 bits per heavy atom. The zero-order valence-corrected chi connectivity index (χ0v) is 11.2. The normalized spacial score (nSPS) is 8.00. The molecule has 0 saturated carbocycles. The fraction of sp³-hybridized carbons (Fsp3) is 0.143. The first kappa shape index (κ1) is 10.7. The van der Waals surface area contributed by atoms with Crippen molar-refractivity contribution >= 4 is 25.4 Å². The van der Waals surface area contributed by atoms with Crippen molar-refractivity contribution in [2.45, 2.75) is 4.90 Å². The number of benzene rings is 1. The molecule has 10 heavy (non-hydrogen) atoms. The molecule has 0 atom stereocenters. The molecule has 0 saturated heterocycles. The molecule has 3 heteroatoms. The molecule has 0 aliphatic rings. The molecule has 0 amide bonds. The van der Waals surface area contributed by atoms with E-state index in [1.807, 2.05) is 18.2 Å². The van der Waals surface area contributed by atoms with Gasteiger partial charge in [0, 0.05) is 0 Å². The van der Waals surface area contributed by atoms with Gasteiger partial charge in [-0.2, -0.15) is 42.1 Å². The Balaban J connectivity index is 0.000000371. The van der Waals surface area contributed by atoms with E-state index in [9.17, 15) is 0 Å². The van der Waals surface area contributed by atoms with Gasteiger partial charge in [0.05, 0.1) is 0 Å². The van der Waals surface area contributed by atoms with Crippen LogP contribution in [-0.2, 0) is 16.3 Å². The summed E-state index contributed by atoms with van der Waals surface area (Å²) in [5, 5.41) is 0. The van der Waals surface area contributed by atoms with Crippen molar-refractivity contribution in [3.8, 4) is 0 Å². The van der Waals surface area contributed by atoms with Gasteiger partial charge in [-0.05, 0) is 6.26 Å². The monoisotopic (exact) mass is 266 g/mol. The molecule has 50 valence electrons. The van der Waals surface area contributed by atoms with E-state index in [0.717, 1.165) is 0 Å². The second kappa shape index (κ2) is 7.78. The predicted molar refractivity (Wildman–Crippen MR) is 46.0 cm³/mol. The van der Waals surface area contributed by atoms with Gasteiger partial charge in [0.25, 0.3) is 0 Å². The predicted octanol–water partition coefficient (Wildman–Crippen LogP) is 3.05. The third-order valence-electron chi connectivity index (χ3n) is 0.914. The first-order valence-corrected chi connectivity index (χ1v) is 10.9. The number of hydrogen-bond donors (Lipinski definition) is 0. The van der Waals surface area contributed by atoms with Crippen LogP contribution < -0.4 is 0 Å². The van der Waals surface area contributed by atoms with Crippen LogP contribution in [0, 0.1) is 6.07 Å². The molecule has 0 bridgehead atoms. The molecule has 0 fully saturated rings. The van der Waals surface area contributed by atoms with Crippen LogP contribution in [0.2, 0.25) is 0 Å².